The van der Waals surface area contributed by atoms with Gasteiger partial charge in [0.25, 0.3) is 10.0 Å². The van der Waals surface area contributed by atoms with Crippen LogP contribution in [0.15, 0.2) is 41.6 Å². The van der Waals surface area contributed by atoms with Gasteiger partial charge in [0.15, 0.2) is 10.9 Å². The van der Waals surface area contributed by atoms with Crippen LogP contribution in [0.2, 0.25) is 0 Å². The predicted molar refractivity (Wildman–Crippen MR) is 163 cm³/mol. The molecule has 3 aromatic heterocycles. The van der Waals surface area contributed by atoms with Gasteiger partial charge in [0.1, 0.15) is 0 Å². The van der Waals surface area contributed by atoms with Crippen molar-refractivity contribution in [1.29, 1.82) is 0 Å². The van der Waals surface area contributed by atoms with Crippen molar-refractivity contribution in [2.45, 2.75) is 88.6 Å². The number of ether oxygens (including phenoxy) is 1. The zero-order valence-electron chi connectivity index (χ0n) is 26.0. The Hall–Kier alpha value is -2.37. The summed E-state index contributed by atoms with van der Waals surface area (Å²) in [6, 6.07) is 11.3. The fourth-order valence-corrected chi connectivity index (χ4v) is 9.64. The summed E-state index contributed by atoms with van der Waals surface area (Å²) in [4.78, 5) is 25.0. The Morgan fingerprint density at radius 1 is 1.09 bits per heavy atom. The first-order valence-corrected chi connectivity index (χ1v) is 17.5. The van der Waals surface area contributed by atoms with E-state index in [4.69, 9.17) is 9.72 Å². The maximum absolute atomic E-state index is 13.6. The second kappa shape index (κ2) is 11.1. The smallest absolute Gasteiger partial charge is 0.280 e. The summed E-state index contributed by atoms with van der Waals surface area (Å²) in [7, 11) is -4.20. The molecule has 3 aromatic rings. The van der Waals surface area contributed by atoms with Crippen LogP contribution in [0.4, 0.5) is 5.82 Å². The number of anilines is 1. The molecule has 10 nitrogen and oxygen atoms in total. The van der Waals surface area contributed by atoms with Crippen LogP contribution in [0, 0.1) is 28.7 Å². The van der Waals surface area contributed by atoms with Crippen molar-refractivity contribution in [3.63, 3.8) is 0 Å². The van der Waals surface area contributed by atoms with E-state index in [-0.39, 0.29) is 48.8 Å². The van der Waals surface area contributed by atoms with Crippen molar-refractivity contribution in [2.24, 2.45) is 22.7 Å². The van der Waals surface area contributed by atoms with E-state index in [1.54, 1.807) is 16.9 Å². The first-order chi connectivity index (χ1) is 21.1. The molecule has 0 unspecified atom stereocenters. The molecular weight excluding hydrogens is 665 g/mol. The van der Waals surface area contributed by atoms with Gasteiger partial charge in [-0.2, -0.15) is 8.42 Å². The fraction of sp³-hybridized carbons (Fsp3) is 0.576. The number of nitrogens with one attached hydrogen (secondary N) is 1. The molecule has 2 spiro atoms. The molecule has 1 radical (unpaired) electrons. The molecule has 8 rings (SSSR count). The number of amides is 1. The molecule has 4 bridgehead atoms. The van der Waals surface area contributed by atoms with Gasteiger partial charge >= 0.3 is 0 Å². The summed E-state index contributed by atoms with van der Waals surface area (Å²) >= 11 is 0. The van der Waals surface area contributed by atoms with Gasteiger partial charge in [-0.05, 0) is 106 Å². The summed E-state index contributed by atoms with van der Waals surface area (Å²) in [6.07, 6.45) is 13.1. The minimum absolute atomic E-state index is 0. The van der Waals surface area contributed by atoms with Crippen molar-refractivity contribution in [1.82, 2.24) is 24.5 Å². The van der Waals surface area contributed by atoms with Gasteiger partial charge in [-0.1, -0.05) is 18.1 Å². The van der Waals surface area contributed by atoms with E-state index >= 15 is 0 Å². The third kappa shape index (κ3) is 5.44. The number of nitrogens with zero attached hydrogens (tertiary/aromatic N) is 5. The van der Waals surface area contributed by atoms with Crippen molar-refractivity contribution >= 4 is 21.7 Å². The monoisotopic (exact) mass is 704 g/mol. The molecule has 3 aliphatic carbocycles. The normalized spacial score (nSPS) is 25.0. The topological polar surface area (TPSA) is 119 Å². The number of fused-ring (bicyclic) bond motifs is 7. The summed E-state index contributed by atoms with van der Waals surface area (Å²) in [6.45, 7) is 5.68. The van der Waals surface area contributed by atoms with Crippen molar-refractivity contribution in [3.8, 4) is 11.7 Å². The summed E-state index contributed by atoms with van der Waals surface area (Å²) in [5.74, 6) is 1.85. The molecule has 4 fully saturated rings. The van der Waals surface area contributed by atoms with E-state index in [0.29, 0.717) is 53.0 Å². The van der Waals surface area contributed by atoms with E-state index < -0.39 is 15.9 Å². The average Bonchev–Trinajstić information content (AvgIpc) is 3.94. The van der Waals surface area contributed by atoms with Crippen LogP contribution in [0.1, 0.15) is 87.7 Å². The Labute approximate surface area is 290 Å². The Balaban J connectivity index is 0.00000325. The van der Waals surface area contributed by atoms with Gasteiger partial charge in [0.2, 0.25) is 5.88 Å². The van der Waals surface area contributed by atoms with Crippen LogP contribution in [0.25, 0.3) is 5.82 Å². The molecule has 235 valence electrons. The average molecular weight is 705 g/mol. The molecule has 2 aliphatic heterocycles. The second-order valence-corrected chi connectivity index (χ2v) is 15.8. The number of aryl methyl sites for hydroxylation is 1. The summed E-state index contributed by atoms with van der Waals surface area (Å²) in [5, 5.41) is 4.45. The number of aromatic nitrogens is 4. The Bertz CT molecular complexity index is 1730. The Kier molecular flexibility index (Phi) is 7.72. The molecule has 0 aromatic carbocycles. The number of carbonyl (C=O) groups excluding carboxylic acids is 1. The maximum Gasteiger partial charge on any atom is 0.280 e. The van der Waals surface area contributed by atoms with Gasteiger partial charge < -0.3 is 9.64 Å². The van der Waals surface area contributed by atoms with E-state index in [1.807, 2.05) is 12.1 Å². The predicted octanol–water partition coefficient (Wildman–Crippen LogP) is 4.87. The third-order valence-electron chi connectivity index (χ3n) is 11.1. The number of hydrogen-bond donors (Lipinski definition) is 1. The van der Waals surface area contributed by atoms with E-state index in [9.17, 15) is 13.2 Å². The zero-order chi connectivity index (χ0) is 30.3. The molecule has 5 heterocycles. The molecule has 5 aliphatic rings. The van der Waals surface area contributed by atoms with Gasteiger partial charge in [-0.25, -0.2) is 21.8 Å². The summed E-state index contributed by atoms with van der Waals surface area (Å²) < 4.78 is 36.4. The minimum Gasteiger partial charge on any atom is -0.477 e. The largest absolute Gasteiger partial charge is 0.477 e. The zero-order valence-corrected chi connectivity index (χ0v) is 29.6. The number of pyridine rings is 2. The van der Waals surface area contributed by atoms with Crippen molar-refractivity contribution < 1.29 is 50.7 Å². The number of rotatable bonds is 5. The molecule has 1 N–H and O–H groups in total. The first kappa shape index (κ1) is 31.2. The molecule has 1 amide bonds. The number of sulfonamides is 1. The van der Waals surface area contributed by atoms with Crippen LogP contribution < -0.4 is 14.4 Å². The molecule has 45 heavy (non-hydrogen) atoms. The van der Waals surface area contributed by atoms with Crippen molar-refractivity contribution in [2.75, 3.05) is 18.1 Å². The Morgan fingerprint density at radius 3 is 2.62 bits per heavy atom. The Morgan fingerprint density at radius 2 is 1.87 bits per heavy atom. The molecule has 1 saturated heterocycles. The van der Waals surface area contributed by atoms with E-state index in [0.717, 1.165) is 44.6 Å². The van der Waals surface area contributed by atoms with Gasteiger partial charge in [0, 0.05) is 62.7 Å². The second-order valence-electron chi connectivity index (χ2n) is 14.2. The third-order valence-corrected chi connectivity index (χ3v) is 12.3. The molecule has 3 saturated carbocycles. The molecule has 12 heteroatoms. The van der Waals surface area contributed by atoms with E-state index in [1.165, 1.54) is 37.8 Å². The number of carbonyl (C=O) groups is 1. The maximum atomic E-state index is 13.6. The minimum atomic E-state index is -4.20. The quantitative estimate of drug-likeness (QED) is 0.374. The molecular formula is C33H39N6O4SY-. The van der Waals surface area contributed by atoms with Gasteiger partial charge in [-0.15, -0.1) is 5.10 Å². The van der Waals surface area contributed by atoms with Gasteiger partial charge in [-0.3, -0.25) is 14.5 Å². The van der Waals surface area contributed by atoms with Gasteiger partial charge in [0.05, 0.1) is 18.2 Å². The van der Waals surface area contributed by atoms with Crippen LogP contribution in [-0.4, -0.2) is 52.8 Å². The van der Waals surface area contributed by atoms with E-state index in [2.05, 4.69) is 39.6 Å². The van der Waals surface area contributed by atoms with Crippen LogP contribution in [0.3, 0.4) is 0 Å². The first-order valence-electron chi connectivity index (χ1n) is 16.0. The number of hydrogen-bond acceptors (Lipinski definition) is 8. The molecule has 1 atom stereocenters. The van der Waals surface area contributed by atoms with Crippen LogP contribution >= 0.6 is 0 Å². The van der Waals surface area contributed by atoms with Crippen LogP contribution in [0.5, 0.6) is 5.88 Å². The fourth-order valence-electron chi connectivity index (χ4n) is 8.69. The van der Waals surface area contributed by atoms with Crippen molar-refractivity contribution in [3.05, 3.63) is 53.9 Å². The SMILES string of the molecule is CC1(C)C[C@@H]2CCCCc3cccc(n3)S(=O)(=O)NC(=O)c3c[c-]c(-n4ccc(OCCC5C6(CC6)C56CC6)n4)nc3N1C2.[Y]. The summed E-state index contributed by atoms with van der Waals surface area (Å²) in [5.41, 5.74) is 1.90. The standard InChI is InChI=1S/C33H39N6O4S.Y/c1-31(2)20-22-6-3-4-7-23-8-5-9-28(34-23)44(41,42)37-30(40)24-10-11-26(35-29(24)38(31)21-22)39-18-12-27(36-39)43-19-13-25-32(14-15-32)33(25)16-17-33;/h5,8-10,12,18,22,25H,3-4,6-7,13-17,19-21H2,1-2H3,(H,37,40);/q-1;/t22-;/m0./s1. The van der Waals surface area contributed by atoms with Crippen LogP contribution in [-0.2, 0) is 49.2 Å².